The van der Waals surface area contributed by atoms with Crippen LogP contribution in [0.25, 0.3) is 0 Å². The first-order valence-electron chi connectivity index (χ1n) is 9.27. The maximum absolute atomic E-state index is 12.3. The highest BCUT2D eigenvalue weighted by Crippen LogP contribution is 2.23. The summed E-state index contributed by atoms with van der Waals surface area (Å²) in [5, 5.41) is 5.15. The quantitative estimate of drug-likeness (QED) is 0.679. The first-order valence-corrected chi connectivity index (χ1v) is 9.27. The number of amides is 2. The molecule has 0 aliphatic carbocycles. The van der Waals surface area contributed by atoms with Crippen molar-refractivity contribution in [3.8, 4) is 5.75 Å². The van der Waals surface area contributed by atoms with Crippen LogP contribution in [0.1, 0.15) is 42.3 Å². The molecule has 2 aromatic carbocycles. The number of hydrogen-bond donors (Lipinski definition) is 2. The van der Waals surface area contributed by atoms with Crippen molar-refractivity contribution in [2.45, 2.75) is 40.2 Å². The molecule has 0 atom stereocenters. The number of ether oxygens (including phenoxy) is 3. The number of hydrogen-bond acceptors (Lipinski definition) is 6. The monoisotopic (exact) mass is 414 g/mol. The largest absolute Gasteiger partial charge is 0.465 e. The van der Waals surface area contributed by atoms with E-state index in [0.29, 0.717) is 5.69 Å². The van der Waals surface area contributed by atoms with Gasteiger partial charge in [-0.3, -0.25) is 10.6 Å². The SMILES string of the molecule is COC(=O)c1cc(C)c(C)cc1NC(=O)Oc1ccc(NC(=O)OC(C)(C)C)cc1. The van der Waals surface area contributed by atoms with Gasteiger partial charge in [-0.25, -0.2) is 14.4 Å². The number of carbonyl (C=O) groups is 3. The average Bonchev–Trinajstić information content (AvgIpc) is 2.64. The lowest BCUT2D eigenvalue weighted by Crippen LogP contribution is -2.27. The molecule has 160 valence electrons. The molecule has 0 bridgehead atoms. The summed E-state index contributed by atoms with van der Waals surface area (Å²) in [6.07, 6.45) is -1.35. The van der Waals surface area contributed by atoms with Gasteiger partial charge in [0.05, 0.1) is 18.4 Å². The van der Waals surface area contributed by atoms with Gasteiger partial charge >= 0.3 is 18.2 Å². The Morgan fingerprint density at radius 3 is 2.03 bits per heavy atom. The van der Waals surface area contributed by atoms with E-state index in [2.05, 4.69) is 10.6 Å². The second-order valence-electron chi connectivity index (χ2n) is 7.64. The second-order valence-corrected chi connectivity index (χ2v) is 7.64. The van der Waals surface area contributed by atoms with Crippen LogP contribution < -0.4 is 15.4 Å². The Bertz CT molecular complexity index is 945. The van der Waals surface area contributed by atoms with E-state index in [0.717, 1.165) is 11.1 Å². The van der Waals surface area contributed by atoms with E-state index in [-0.39, 0.29) is 17.0 Å². The van der Waals surface area contributed by atoms with Gasteiger partial charge in [-0.1, -0.05) is 0 Å². The lowest BCUT2D eigenvalue weighted by Gasteiger charge is -2.19. The van der Waals surface area contributed by atoms with E-state index >= 15 is 0 Å². The van der Waals surface area contributed by atoms with Crippen molar-refractivity contribution in [2.24, 2.45) is 0 Å². The summed E-state index contributed by atoms with van der Waals surface area (Å²) in [7, 11) is 1.27. The van der Waals surface area contributed by atoms with Gasteiger partial charge in [0, 0.05) is 5.69 Å². The molecule has 2 N–H and O–H groups in total. The highest BCUT2D eigenvalue weighted by Gasteiger charge is 2.18. The zero-order valence-corrected chi connectivity index (χ0v) is 17.9. The third-order valence-electron chi connectivity index (χ3n) is 3.99. The van der Waals surface area contributed by atoms with Gasteiger partial charge in [0.15, 0.2) is 0 Å². The van der Waals surface area contributed by atoms with Gasteiger partial charge in [-0.05, 0) is 82.1 Å². The fraction of sp³-hybridized carbons (Fsp3) is 0.318. The van der Waals surface area contributed by atoms with E-state index in [1.54, 1.807) is 45.0 Å². The summed E-state index contributed by atoms with van der Waals surface area (Å²) >= 11 is 0. The average molecular weight is 414 g/mol. The molecule has 0 aliphatic heterocycles. The molecule has 0 spiro atoms. The molecule has 2 rings (SSSR count). The van der Waals surface area contributed by atoms with Crippen molar-refractivity contribution < 1.29 is 28.6 Å². The summed E-state index contributed by atoms with van der Waals surface area (Å²) in [5.41, 5.74) is 2.19. The fourth-order valence-corrected chi connectivity index (χ4v) is 2.47. The summed E-state index contributed by atoms with van der Waals surface area (Å²) in [4.78, 5) is 36.1. The van der Waals surface area contributed by atoms with E-state index in [4.69, 9.17) is 14.2 Å². The molecular weight excluding hydrogens is 388 g/mol. The van der Waals surface area contributed by atoms with Gasteiger partial charge in [0.2, 0.25) is 0 Å². The van der Waals surface area contributed by atoms with Crippen LogP contribution in [0.4, 0.5) is 21.0 Å². The van der Waals surface area contributed by atoms with E-state index in [9.17, 15) is 14.4 Å². The van der Waals surface area contributed by atoms with Crippen molar-refractivity contribution in [1.29, 1.82) is 0 Å². The molecule has 0 aromatic heterocycles. The van der Waals surface area contributed by atoms with Gasteiger partial charge in [-0.15, -0.1) is 0 Å². The number of aryl methyl sites for hydroxylation is 2. The number of esters is 1. The van der Waals surface area contributed by atoms with Gasteiger partial charge in [-0.2, -0.15) is 0 Å². The maximum atomic E-state index is 12.3. The predicted molar refractivity (Wildman–Crippen MR) is 113 cm³/mol. The van der Waals surface area contributed by atoms with Crippen molar-refractivity contribution in [3.63, 3.8) is 0 Å². The molecule has 0 heterocycles. The van der Waals surface area contributed by atoms with Crippen LogP contribution in [-0.4, -0.2) is 30.9 Å². The topological polar surface area (TPSA) is 103 Å². The Labute approximate surface area is 175 Å². The van der Waals surface area contributed by atoms with Gasteiger partial charge in [0.25, 0.3) is 0 Å². The fourth-order valence-electron chi connectivity index (χ4n) is 2.47. The number of methoxy groups -OCH3 is 1. The highest BCUT2D eigenvalue weighted by atomic mass is 16.6. The zero-order valence-electron chi connectivity index (χ0n) is 17.9. The molecule has 0 saturated carbocycles. The van der Waals surface area contributed by atoms with Crippen molar-refractivity contribution in [3.05, 3.63) is 53.1 Å². The zero-order chi connectivity index (χ0) is 22.5. The number of rotatable bonds is 4. The van der Waals surface area contributed by atoms with Crippen molar-refractivity contribution in [2.75, 3.05) is 17.7 Å². The van der Waals surface area contributed by atoms with Crippen LogP contribution in [-0.2, 0) is 9.47 Å². The third-order valence-corrected chi connectivity index (χ3v) is 3.99. The molecule has 0 unspecified atom stereocenters. The Hall–Kier alpha value is -3.55. The van der Waals surface area contributed by atoms with Crippen LogP contribution in [0.2, 0.25) is 0 Å². The van der Waals surface area contributed by atoms with Crippen LogP contribution in [0.5, 0.6) is 5.75 Å². The molecule has 30 heavy (non-hydrogen) atoms. The summed E-state index contributed by atoms with van der Waals surface area (Å²) in [5.74, 6) is -0.309. The first kappa shape index (κ1) is 22.7. The first-order chi connectivity index (χ1) is 14.0. The van der Waals surface area contributed by atoms with E-state index in [1.165, 1.54) is 19.2 Å². The molecule has 2 aromatic rings. The minimum Gasteiger partial charge on any atom is -0.465 e. The molecule has 0 fully saturated rings. The van der Waals surface area contributed by atoms with Crippen LogP contribution in [0.3, 0.4) is 0 Å². The Morgan fingerprint density at radius 2 is 1.47 bits per heavy atom. The molecule has 2 amide bonds. The lowest BCUT2D eigenvalue weighted by molar-refractivity contribution is 0.0599. The number of carbonyl (C=O) groups excluding carboxylic acids is 3. The molecule has 8 heteroatoms. The second kappa shape index (κ2) is 9.30. The Balaban J connectivity index is 2.04. The van der Waals surface area contributed by atoms with Crippen molar-refractivity contribution in [1.82, 2.24) is 0 Å². The molecule has 0 aliphatic rings. The van der Waals surface area contributed by atoms with E-state index < -0.39 is 23.8 Å². The number of nitrogens with one attached hydrogen (secondary N) is 2. The number of benzene rings is 2. The molecule has 0 radical (unpaired) electrons. The smallest absolute Gasteiger partial charge is 0.417 e. The minimum atomic E-state index is -0.767. The predicted octanol–water partition coefficient (Wildman–Crippen LogP) is 5.05. The third kappa shape index (κ3) is 6.51. The highest BCUT2D eigenvalue weighted by molar-refractivity contribution is 6.00. The van der Waals surface area contributed by atoms with E-state index in [1.807, 2.05) is 13.8 Å². The normalized spacial score (nSPS) is 10.7. The molecular formula is C22H26N2O6. The maximum Gasteiger partial charge on any atom is 0.417 e. The Kier molecular flexibility index (Phi) is 7.05. The molecule has 0 saturated heterocycles. The Morgan fingerprint density at radius 1 is 0.867 bits per heavy atom. The minimum absolute atomic E-state index is 0.231. The van der Waals surface area contributed by atoms with Crippen LogP contribution in [0, 0.1) is 13.8 Å². The van der Waals surface area contributed by atoms with Gasteiger partial charge < -0.3 is 14.2 Å². The summed E-state index contributed by atoms with van der Waals surface area (Å²) in [6.45, 7) is 9.02. The van der Waals surface area contributed by atoms with Gasteiger partial charge in [0.1, 0.15) is 11.4 Å². The van der Waals surface area contributed by atoms with Crippen molar-refractivity contribution >= 4 is 29.5 Å². The van der Waals surface area contributed by atoms with Crippen LogP contribution >= 0.6 is 0 Å². The number of anilines is 2. The van der Waals surface area contributed by atoms with Crippen LogP contribution in [0.15, 0.2) is 36.4 Å². The molecule has 8 nitrogen and oxygen atoms in total. The lowest BCUT2D eigenvalue weighted by atomic mass is 10.0. The summed E-state index contributed by atoms with van der Waals surface area (Å²) in [6, 6.07) is 9.51. The summed E-state index contributed by atoms with van der Waals surface area (Å²) < 4.78 is 15.2. The standard InChI is InChI=1S/C22H26N2O6/c1-13-11-17(19(25)28-6)18(12-14(13)2)24-20(26)29-16-9-7-15(8-10-16)23-21(27)30-22(3,4)5/h7-12H,1-6H3,(H,23,27)(H,24,26).